The molecule has 2 aromatic heterocycles. The standard InChI is InChI=1S/C23H20N2.C21H20N2S.C21H19N2.C20H16N2.C13H13N2.4Ir/c1-3-7-18-12-14-19(15-13-18)20-8-6-9-21(16-20)25-23-11-5-4-10-22(23)17(2)24-25;1-5-24-16-7-9-18-17-8-6-15(23-11-10-14(2)22-23)12-19(17)21(3,4)20(18)13-16;1-4-6-15-7-9-17-18-10-8-16(23-12-5-11-22-23)14-20(18)21(2,3)19(17)13-15;1-15-19-12-5-6-13-20(19)22(21-15)18-11-7-10-17(14-18)16-8-3-2-4-9-16;1-3-4-11-5-7-12(8-6-11)13-14-9-10-15(13)2;;;;/h3-6,8,10-17H,1,7H2,2H3;5,7-14H,1H2,2-4H3;4-5,7,9-14H,1,6H2,2-3H3;2-10,12-15H,1H3;3,5-7,9-10H,1,4H2,2H3;;;;/q2*-2;-1;-2;-1;;;;. The summed E-state index contributed by atoms with van der Waals surface area (Å²) in [5.41, 5.74) is 43.1. The number of rotatable bonds is 15. The van der Waals surface area contributed by atoms with Crippen LogP contribution in [0.15, 0.2) is 316 Å². The molecule has 0 amide bonds. The molecule has 0 fully saturated rings. The SMILES string of the molecule is C=CCc1c[c-]c(-c2nccn2C)cc1.C=CCc1ccc(-c2cc[c-]c(N3[N-]C(C)c4ccccc43)c2)cc1.C=CCc1ccc2c(c1)C(C)(C)c1cc(-n3cccn3)[c-]cc1-2.C=CSc1ccc2c(c1)C(C)(C)c1cc(N3C=CC(C)[N-]3)[c-]cc1-2.CC1[N-]N(c2[c-]ccc(-c3ccccc3)c2)c2ccccc21.[Ir].[Ir].[Ir].[Ir]. The van der Waals surface area contributed by atoms with Crippen molar-refractivity contribution in [3.05, 3.63) is 408 Å². The molecular formula is C98H88Ir4N10S-8. The zero-order valence-corrected chi connectivity index (χ0v) is 74.9. The van der Waals surface area contributed by atoms with Crippen molar-refractivity contribution >= 4 is 40.2 Å². The van der Waals surface area contributed by atoms with Crippen LogP contribution < -0.4 is 15.0 Å². The van der Waals surface area contributed by atoms with Gasteiger partial charge in [0.15, 0.2) is 0 Å². The summed E-state index contributed by atoms with van der Waals surface area (Å²) in [7, 11) is 1.98. The average molecular weight is 2210 g/mol. The molecule has 3 unspecified atom stereocenters. The topological polar surface area (TPSA) is 87.7 Å². The van der Waals surface area contributed by atoms with Gasteiger partial charge in [0.2, 0.25) is 0 Å². The van der Waals surface area contributed by atoms with E-state index in [1.54, 1.807) is 24.2 Å². The maximum Gasteiger partial charge on any atom is 0.0555 e. The van der Waals surface area contributed by atoms with Crippen molar-refractivity contribution in [3.63, 3.8) is 0 Å². The third-order valence-electron chi connectivity index (χ3n) is 20.6. The first-order valence-corrected chi connectivity index (χ1v) is 38.0. The number of hydrogen-bond donors (Lipinski definition) is 0. The predicted molar refractivity (Wildman–Crippen MR) is 455 cm³/mol. The van der Waals surface area contributed by atoms with E-state index in [-0.39, 0.29) is 109 Å². The van der Waals surface area contributed by atoms with Crippen molar-refractivity contribution in [2.45, 2.75) is 102 Å². The largest absolute Gasteiger partial charge is 0.559 e. The quantitative estimate of drug-likeness (QED) is 0.0577. The second-order valence-electron chi connectivity index (χ2n) is 28.7. The van der Waals surface area contributed by atoms with Gasteiger partial charge in [0, 0.05) is 129 Å². The predicted octanol–water partition coefficient (Wildman–Crippen LogP) is 25.4. The molecule has 4 radical (unpaired) electrons. The maximum absolute atomic E-state index is 4.79. The Bertz CT molecular complexity index is 5460. The number of anilines is 5. The molecule has 0 N–H and O–H groups in total. The molecule has 0 saturated carbocycles. The molecule has 5 heterocycles. The summed E-state index contributed by atoms with van der Waals surface area (Å²) < 4.78 is 3.85. The molecule has 13 aromatic rings. The Balaban J connectivity index is 0.000000150. The number of fused-ring (bicyclic) bond motifs is 8. The van der Waals surface area contributed by atoms with Crippen LogP contribution in [-0.2, 0) is 118 Å². The van der Waals surface area contributed by atoms with E-state index in [0.717, 1.165) is 64.8 Å². The van der Waals surface area contributed by atoms with Crippen LogP contribution in [0.4, 0.5) is 28.4 Å². The minimum atomic E-state index is -0.0265. The Labute approximate surface area is 726 Å². The molecule has 10 nitrogen and oxygen atoms in total. The molecule has 0 saturated heterocycles. The van der Waals surface area contributed by atoms with Gasteiger partial charge in [-0.3, -0.25) is 9.67 Å². The maximum atomic E-state index is 4.79. The fraction of sp³-hybridized carbons (Fsp3) is 0.163. The van der Waals surface area contributed by atoms with Gasteiger partial charge in [-0.1, -0.05) is 247 Å². The van der Waals surface area contributed by atoms with Gasteiger partial charge in [-0.15, -0.1) is 119 Å². The third-order valence-corrected chi connectivity index (χ3v) is 21.3. The number of hydrogen-bond acceptors (Lipinski definition) is 6. The number of aryl methyl sites for hydroxylation is 1. The summed E-state index contributed by atoms with van der Waals surface area (Å²) >= 11 is 1.67. The normalized spacial score (nSPS) is 15.3. The first kappa shape index (κ1) is 86.2. The van der Waals surface area contributed by atoms with Crippen LogP contribution in [0.1, 0.15) is 111 Å². The summed E-state index contributed by atoms with van der Waals surface area (Å²) in [5, 5.41) is 12.2. The molecule has 3 aliphatic heterocycles. The van der Waals surface area contributed by atoms with Crippen LogP contribution in [0, 0.1) is 30.3 Å². The van der Waals surface area contributed by atoms with Gasteiger partial charge < -0.3 is 35.9 Å². The number of imidazole rings is 1. The van der Waals surface area contributed by atoms with Crippen LogP contribution in [0.2, 0.25) is 0 Å². The van der Waals surface area contributed by atoms with Crippen LogP contribution in [0.5, 0.6) is 0 Å². The van der Waals surface area contributed by atoms with Crippen molar-refractivity contribution in [1.82, 2.24) is 19.3 Å². The van der Waals surface area contributed by atoms with E-state index in [1.165, 1.54) is 99.5 Å². The van der Waals surface area contributed by atoms with E-state index >= 15 is 0 Å². The first-order chi connectivity index (χ1) is 53.0. The fourth-order valence-electron chi connectivity index (χ4n) is 14.8. The zero-order valence-electron chi connectivity index (χ0n) is 64.5. The molecule has 5 aliphatic rings. The Morgan fingerprint density at radius 1 is 0.460 bits per heavy atom. The minimum absolute atomic E-state index is 0. The Kier molecular flexibility index (Phi) is 29.5. The molecule has 2 aliphatic carbocycles. The zero-order chi connectivity index (χ0) is 75.8. The van der Waals surface area contributed by atoms with E-state index < -0.39 is 0 Å². The summed E-state index contributed by atoms with van der Waals surface area (Å²) in [6, 6.07) is 95.7. The van der Waals surface area contributed by atoms with E-state index in [9.17, 15) is 0 Å². The third kappa shape index (κ3) is 18.9. The van der Waals surface area contributed by atoms with Gasteiger partial charge in [-0.25, -0.2) is 0 Å². The first-order valence-electron chi connectivity index (χ1n) is 37.1. The molecule has 11 aromatic carbocycles. The monoisotopic (exact) mass is 2210 g/mol. The van der Waals surface area contributed by atoms with Gasteiger partial charge in [0.25, 0.3) is 0 Å². The molecule has 580 valence electrons. The van der Waals surface area contributed by atoms with E-state index in [4.69, 9.17) is 10.9 Å². The number of thioether (sulfide) groups is 1. The molecule has 15 heteroatoms. The van der Waals surface area contributed by atoms with Crippen LogP contribution in [0.25, 0.3) is 77.9 Å². The van der Waals surface area contributed by atoms with Gasteiger partial charge in [-0.05, 0) is 122 Å². The molecular weight excluding hydrogens is 2120 g/mol. The molecule has 3 atom stereocenters. The van der Waals surface area contributed by atoms with E-state index in [2.05, 4.69) is 315 Å². The Hall–Kier alpha value is -9.23. The van der Waals surface area contributed by atoms with E-state index in [1.807, 2.05) is 110 Å². The number of allylic oxidation sites excluding steroid dienone is 3. The van der Waals surface area contributed by atoms with Crippen LogP contribution in [0.3, 0.4) is 0 Å². The minimum Gasteiger partial charge on any atom is -0.559 e. The fourth-order valence-corrected chi connectivity index (χ4v) is 15.3. The number of benzene rings is 11. The van der Waals surface area contributed by atoms with Gasteiger partial charge in [0.05, 0.1) is 5.82 Å². The molecule has 18 rings (SSSR count). The van der Waals surface area contributed by atoms with Gasteiger partial charge >= 0.3 is 0 Å². The average Bonchev–Trinajstić information content (AvgIpc) is 1.57. The summed E-state index contributed by atoms with van der Waals surface area (Å²) in [4.78, 5) is 5.51. The van der Waals surface area contributed by atoms with Crippen molar-refractivity contribution in [2.75, 3.05) is 15.0 Å². The number of nitrogens with zero attached hydrogens (tertiary/aromatic N) is 10. The Morgan fingerprint density at radius 2 is 0.982 bits per heavy atom. The molecule has 113 heavy (non-hydrogen) atoms. The van der Waals surface area contributed by atoms with Crippen molar-refractivity contribution < 1.29 is 80.4 Å². The van der Waals surface area contributed by atoms with Gasteiger partial charge in [0.1, 0.15) is 0 Å². The smallest absolute Gasteiger partial charge is 0.0555 e. The second kappa shape index (κ2) is 38.7. The summed E-state index contributed by atoms with van der Waals surface area (Å²) in [5.74, 6) is 0.945. The second-order valence-corrected chi connectivity index (χ2v) is 29.7. The number of aromatic nitrogens is 4. The Morgan fingerprint density at radius 3 is 1.52 bits per heavy atom. The van der Waals surface area contributed by atoms with Crippen molar-refractivity contribution in [3.8, 4) is 61.6 Å². The van der Waals surface area contributed by atoms with Crippen molar-refractivity contribution in [1.29, 1.82) is 0 Å². The van der Waals surface area contributed by atoms with E-state index in [0.29, 0.717) is 0 Å². The van der Waals surface area contributed by atoms with Crippen LogP contribution in [-0.4, -0.2) is 25.4 Å². The molecule has 0 bridgehead atoms. The summed E-state index contributed by atoms with van der Waals surface area (Å²) in [6.07, 6.45) is 20.1. The van der Waals surface area contributed by atoms with Crippen LogP contribution >= 0.6 is 11.8 Å². The van der Waals surface area contributed by atoms with Crippen molar-refractivity contribution in [2.24, 2.45) is 7.05 Å². The molecule has 0 spiro atoms. The van der Waals surface area contributed by atoms with Gasteiger partial charge in [-0.2, -0.15) is 65.8 Å². The number of para-hydroxylation sites is 2. The summed E-state index contributed by atoms with van der Waals surface area (Å²) in [6.45, 7) is 30.7.